The fourth-order valence-corrected chi connectivity index (χ4v) is 1.55. The predicted molar refractivity (Wildman–Crippen MR) is 76.3 cm³/mol. The van der Waals surface area contributed by atoms with Crippen molar-refractivity contribution in [3.63, 3.8) is 0 Å². The van der Waals surface area contributed by atoms with E-state index in [1.54, 1.807) is 6.07 Å². The molecule has 0 radical (unpaired) electrons. The van der Waals surface area contributed by atoms with Crippen LogP contribution in [0.2, 0.25) is 5.02 Å². The van der Waals surface area contributed by atoms with Crippen molar-refractivity contribution < 1.29 is 0 Å². The van der Waals surface area contributed by atoms with Crippen LogP contribution in [0.25, 0.3) is 12.2 Å². The van der Waals surface area contributed by atoms with Crippen LogP contribution >= 0.6 is 24.0 Å². The molecule has 0 amide bonds. The quantitative estimate of drug-likeness (QED) is 0.895. The Morgan fingerprint density at radius 1 is 1.06 bits per heavy atom. The number of rotatable bonds is 2. The minimum Gasteiger partial charge on any atom is -0.384 e. The number of nitrogens with zero attached hydrogens (tertiary/aromatic N) is 1. The van der Waals surface area contributed by atoms with Crippen molar-refractivity contribution in [3.05, 3.63) is 58.7 Å². The smallest absolute Gasteiger partial charge is 0.124 e. The van der Waals surface area contributed by atoms with Crippen LogP contribution in [0.4, 0.5) is 5.82 Å². The zero-order valence-corrected chi connectivity index (χ0v) is 10.6. The molecule has 0 saturated heterocycles. The van der Waals surface area contributed by atoms with Crippen LogP contribution in [0.1, 0.15) is 11.3 Å². The highest BCUT2D eigenvalue weighted by atomic mass is 35.5. The van der Waals surface area contributed by atoms with E-state index in [1.165, 1.54) is 0 Å². The monoisotopic (exact) mass is 266 g/mol. The number of pyridine rings is 1. The molecular formula is C13H12Cl2N2. The first-order valence-electron chi connectivity index (χ1n) is 4.90. The van der Waals surface area contributed by atoms with Crippen LogP contribution in [-0.4, -0.2) is 4.98 Å². The number of nitrogens with two attached hydrogens (primary N) is 1. The highest BCUT2D eigenvalue weighted by molar-refractivity contribution is 6.30. The van der Waals surface area contributed by atoms with Gasteiger partial charge in [-0.2, -0.15) is 0 Å². The number of benzene rings is 1. The number of halogens is 2. The number of hydrogen-bond acceptors (Lipinski definition) is 2. The van der Waals surface area contributed by atoms with Crippen molar-refractivity contribution in [1.29, 1.82) is 0 Å². The molecule has 0 aliphatic carbocycles. The molecule has 2 rings (SSSR count). The Labute approximate surface area is 112 Å². The van der Waals surface area contributed by atoms with Gasteiger partial charge in [0.1, 0.15) is 5.82 Å². The van der Waals surface area contributed by atoms with Gasteiger partial charge in [-0.05, 0) is 35.9 Å². The molecule has 2 aromatic rings. The van der Waals surface area contributed by atoms with E-state index in [0.717, 1.165) is 16.3 Å². The van der Waals surface area contributed by atoms with Gasteiger partial charge in [-0.1, -0.05) is 35.9 Å². The number of nitrogen functional groups attached to an aromatic ring is 1. The summed E-state index contributed by atoms with van der Waals surface area (Å²) in [4.78, 5) is 4.17. The minimum absolute atomic E-state index is 0. The van der Waals surface area contributed by atoms with Crippen molar-refractivity contribution in [2.75, 3.05) is 5.73 Å². The lowest BCUT2D eigenvalue weighted by molar-refractivity contribution is 1.31. The van der Waals surface area contributed by atoms with Gasteiger partial charge in [0.15, 0.2) is 0 Å². The molecule has 0 aliphatic rings. The van der Waals surface area contributed by atoms with E-state index < -0.39 is 0 Å². The molecule has 0 saturated carbocycles. The van der Waals surface area contributed by atoms with Crippen molar-refractivity contribution in [3.8, 4) is 0 Å². The summed E-state index contributed by atoms with van der Waals surface area (Å²) in [5.41, 5.74) is 7.46. The molecule has 17 heavy (non-hydrogen) atoms. The Kier molecular flexibility index (Phi) is 5.01. The molecule has 1 heterocycles. The van der Waals surface area contributed by atoms with Crippen molar-refractivity contribution in [2.45, 2.75) is 0 Å². The summed E-state index contributed by atoms with van der Waals surface area (Å²) in [6.07, 6.45) is 3.86. The molecule has 1 aromatic carbocycles. The molecule has 2 nitrogen and oxygen atoms in total. The van der Waals surface area contributed by atoms with Crippen LogP contribution in [0.15, 0.2) is 42.5 Å². The van der Waals surface area contributed by atoms with E-state index in [2.05, 4.69) is 4.98 Å². The first-order chi connectivity index (χ1) is 7.74. The molecular weight excluding hydrogens is 255 g/mol. The average Bonchev–Trinajstić information content (AvgIpc) is 2.27. The standard InChI is InChI=1S/C13H11ClN2.ClH/c14-11-4-1-3-10(9-11)7-8-12-5-2-6-13(15)16-12;/h1-9H,(H2,15,16);1H. The minimum atomic E-state index is 0. The van der Waals surface area contributed by atoms with Gasteiger partial charge in [0, 0.05) is 5.02 Å². The van der Waals surface area contributed by atoms with Crippen LogP contribution < -0.4 is 5.73 Å². The number of aromatic nitrogens is 1. The summed E-state index contributed by atoms with van der Waals surface area (Å²) in [5.74, 6) is 0.522. The van der Waals surface area contributed by atoms with Gasteiger partial charge in [-0.25, -0.2) is 4.98 Å². The SMILES string of the molecule is Cl.Nc1cccc(C=Cc2cccc(Cl)c2)n1. The van der Waals surface area contributed by atoms with Gasteiger partial charge in [-0.3, -0.25) is 0 Å². The molecule has 4 heteroatoms. The van der Waals surface area contributed by atoms with Gasteiger partial charge in [0.25, 0.3) is 0 Å². The van der Waals surface area contributed by atoms with E-state index in [1.807, 2.05) is 48.6 Å². The molecule has 0 spiro atoms. The van der Waals surface area contributed by atoms with Crippen LogP contribution in [-0.2, 0) is 0 Å². The van der Waals surface area contributed by atoms with Gasteiger partial charge >= 0.3 is 0 Å². The fourth-order valence-electron chi connectivity index (χ4n) is 1.35. The largest absolute Gasteiger partial charge is 0.384 e. The van der Waals surface area contributed by atoms with E-state index in [4.69, 9.17) is 17.3 Å². The maximum atomic E-state index is 5.88. The third-order valence-corrected chi connectivity index (χ3v) is 2.32. The van der Waals surface area contributed by atoms with Crippen molar-refractivity contribution >= 4 is 42.0 Å². The zero-order chi connectivity index (χ0) is 11.4. The Balaban J connectivity index is 0.00000144. The van der Waals surface area contributed by atoms with E-state index >= 15 is 0 Å². The Bertz CT molecular complexity index is 477. The summed E-state index contributed by atoms with van der Waals surface area (Å²) in [7, 11) is 0. The molecule has 0 atom stereocenters. The Morgan fingerprint density at radius 2 is 1.82 bits per heavy atom. The highest BCUT2D eigenvalue weighted by Crippen LogP contribution is 2.13. The lowest BCUT2D eigenvalue weighted by Crippen LogP contribution is -1.90. The summed E-state index contributed by atoms with van der Waals surface area (Å²) in [6, 6.07) is 13.2. The highest BCUT2D eigenvalue weighted by Gasteiger charge is 1.91. The van der Waals surface area contributed by atoms with Gasteiger partial charge < -0.3 is 5.73 Å². The molecule has 1 aromatic heterocycles. The van der Waals surface area contributed by atoms with Gasteiger partial charge in [-0.15, -0.1) is 12.4 Å². The van der Waals surface area contributed by atoms with Crippen LogP contribution in [0, 0.1) is 0 Å². The fraction of sp³-hybridized carbons (Fsp3) is 0. The lowest BCUT2D eigenvalue weighted by atomic mass is 10.2. The topological polar surface area (TPSA) is 38.9 Å². The van der Waals surface area contributed by atoms with E-state index in [9.17, 15) is 0 Å². The maximum absolute atomic E-state index is 5.88. The average molecular weight is 267 g/mol. The Morgan fingerprint density at radius 3 is 2.53 bits per heavy atom. The normalized spacial score (nSPS) is 10.2. The third kappa shape index (κ3) is 4.10. The second-order valence-corrected chi connectivity index (χ2v) is 3.81. The molecule has 88 valence electrons. The molecule has 2 N–H and O–H groups in total. The van der Waals surface area contributed by atoms with E-state index in [0.29, 0.717) is 5.82 Å². The maximum Gasteiger partial charge on any atom is 0.124 e. The third-order valence-electron chi connectivity index (χ3n) is 2.09. The number of anilines is 1. The first-order valence-corrected chi connectivity index (χ1v) is 5.28. The summed E-state index contributed by atoms with van der Waals surface area (Å²) in [5, 5.41) is 0.725. The van der Waals surface area contributed by atoms with Crippen molar-refractivity contribution in [2.24, 2.45) is 0 Å². The summed E-state index contributed by atoms with van der Waals surface area (Å²) < 4.78 is 0. The second kappa shape index (κ2) is 6.28. The summed E-state index contributed by atoms with van der Waals surface area (Å²) >= 11 is 5.88. The van der Waals surface area contributed by atoms with Crippen LogP contribution in [0.5, 0.6) is 0 Å². The lowest BCUT2D eigenvalue weighted by Gasteiger charge is -1.96. The molecule has 0 fully saturated rings. The van der Waals surface area contributed by atoms with Crippen LogP contribution in [0.3, 0.4) is 0 Å². The first kappa shape index (κ1) is 13.6. The van der Waals surface area contributed by atoms with Crippen molar-refractivity contribution in [1.82, 2.24) is 4.98 Å². The Hall–Kier alpha value is -1.51. The zero-order valence-electron chi connectivity index (χ0n) is 9.01. The second-order valence-electron chi connectivity index (χ2n) is 3.38. The summed E-state index contributed by atoms with van der Waals surface area (Å²) in [6.45, 7) is 0. The molecule has 0 bridgehead atoms. The van der Waals surface area contributed by atoms with Gasteiger partial charge in [0.05, 0.1) is 5.69 Å². The van der Waals surface area contributed by atoms with E-state index in [-0.39, 0.29) is 12.4 Å². The number of hydrogen-bond donors (Lipinski definition) is 1. The molecule has 0 unspecified atom stereocenters. The van der Waals surface area contributed by atoms with Gasteiger partial charge in [0.2, 0.25) is 0 Å². The molecule has 0 aliphatic heterocycles. The predicted octanol–water partition coefficient (Wildman–Crippen LogP) is 3.91.